The number of pyridine rings is 1. The van der Waals surface area contributed by atoms with Crippen LogP contribution >= 0.6 is 65.4 Å². The minimum Gasteiger partial charge on any atom is -0.489 e. The smallest absolute Gasteiger partial charge is 0.345 e. The second kappa shape index (κ2) is 36.6. The molecule has 7 rings (SSSR count). The van der Waals surface area contributed by atoms with E-state index in [-0.39, 0.29) is 81.2 Å². The number of methoxy groups -OCH3 is 3. The number of urea groups is 1. The molecule has 3 atom stereocenters. The number of aliphatic carboxylic acids is 1. The molecule has 3 aromatic heterocycles. The first kappa shape index (κ1) is 77.0. The van der Waals surface area contributed by atoms with E-state index >= 15 is 0 Å². The Hall–Kier alpha value is -8.20. The molecule has 0 saturated heterocycles. The van der Waals surface area contributed by atoms with E-state index in [0.717, 1.165) is 25.4 Å². The predicted molar refractivity (Wildman–Crippen MR) is 341 cm³/mol. The molecular weight excluding hydrogens is 1340 g/mol. The summed E-state index contributed by atoms with van der Waals surface area (Å²) >= 11 is 28.7. The Kier molecular flexibility index (Phi) is 31.0. The summed E-state index contributed by atoms with van der Waals surface area (Å²) in [6, 6.07) is 17.8. The average Bonchev–Trinajstić information content (AvgIpc) is 0.894. The number of amides is 4. The number of para-hydroxylation sites is 2. The van der Waals surface area contributed by atoms with Crippen molar-refractivity contribution in [3.8, 4) is 29.0 Å². The van der Waals surface area contributed by atoms with Crippen molar-refractivity contribution in [2.24, 2.45) is 5.73 Å². The predicted octanol–water partition coefficient (Wildman–Crippen LogP) is 8.65. The van der Waals surface area contributed by atoms with E-state index in [2.05, 4.69) is 50.6 Å². The minimum absolute atomic E-state index is 0.0412. The standard InChI is InChI=1S/C15H18N6O6S.C14H9Cl2NO5.C11H11Cl2NO2.C8H14ClN5.C5H12NO4P/c1-21(2)13(22)9-6-5-7-16-12(9)28(24,25)20-15(23)19-14-17-10(26-3)8-11(18-14)27-4;1-21-14(18)10-7-9(3-4-12(10)17(19)20)22-13-5-2-8(15)6-11(13)16;1-7-6-16-9-5-3-2-4-8(9)14(7)11(15)10(12)13;1-4-10-7-12-6(9)13-8(14-7)11-5(2)3;1-11(9,10)3-2-4(6)5(7)8/h5-8H,1-4H3,(H2,17,18,19,20,23);2-7H,1H3;2-5,7,10H,6H2,1H3;5H,4H2,1-3H3,(H2,10,11,12,13,14);4H,2-3,6H2,1H3,(H,7,8)(H,9,10). The first-order valence-electron chi connectivity index (χ1n) is 26.1. The van der Waals surface area contributed by atoms with Gasteiger partial charge in [0.1, 0.15) is 35.5 Å². The Morgan fingerprint density at radius 3 is 2.09 bits per heavy atom. The van der Waals surface area contributed by atoms with Gasteiger partial charge in [-0.05, 0) is 94.2 Å². The normalized spacial score (nSPS) is 13.0. The molecule has 1 aliphatic heterocycles. The van der Waals surface area contributed by atoms with Gasteiger partial charge in [0, 0.05) is 62.9 Å². The van der Waals surface area contributed by atoms with Gasteiger partial charge in [-0.25, -0.2) is 19.3 Å². The number of nitro benzene ring substituents is 1. The van der Waals surface area contributed by atoms with Crippen LogP contribution in [0.5, 0.6) is 29.0 Å². The Morgan fingerprint density at radius 2 is 1.54 bits per heavy atom. The lowest BCUT2D eigenvalue weighted by molar-refractivity contribution is -0.385. The number of carbonyl (C=O) groups is 5. The van der Waals surface area contributed by atoms with Gasteiger partial charge < -0.3 is 59.9 Å². The maximum atomic E-state index is 12.5. The molecule has 0 radical (unpaired) electrons. The summed E-state index contributed by atoms with van der Waals surface area (Å²) in [7, 11) is -0.816. The van der Waals surface area contributed by atoms with Crippen molar-refractivity contribution >= 4 is 134 Å². The van der Waals surface area contributed by atoms with Gasteiger partial charge in [-0.1, -0.05) is 58.5 Å². The van der Waals surface area contributed by atoms with E-state index in [9.17, 15) is 47.1 Å². The lowest BCUT2D eigenvalue weighted by atomic mass is 10.1. The first-order valence-corrected chi connectivity index (χ1v) is 31.9. The van der Waals surface area contributed by atoms with Gasteiger partial charge in [-0.3, -0.25) is 34.4 Å². The minimum atomic E-state index is -4.46. The number of esters is 1. The number of carboxylic acids is 1. The highest BCUT2D eigenvalue weighted by Crippen LogP contribution is 2.37. The number of benzene rings is 3. The number of nitrogens with zero attached hydrogens (tertiary/aromatic N) is 9. The molecule has 4 heterocycles. The number of nitro groups is 1. The van der Waals surface area contributed by atoms with Gasteiger partial charge in [0.15, 0.2) is 17.2 Å². The van der Waals surface area contributed by atoms with E-state index in [1.807, 2.05) is 52.0 Å². The summed E-state index contributed by atoms with van der Waals surface area (Å²) in [6.07, 6.45) is 1.19. The summed E-state index contributed by atoms with van der Waals surface area (Å²) in [5.41, 5.74) is 5.04. The molecule has 0 spiro atoms. The van der Waals surface area contributed by atoms with Crippen molar-refractivity contribution in [2.75, 3.05) is 82.3 Å². The summed E-state index contributed by atoms with van der Waals surface area (Å²) in [6.45, 7) is 10.2. The third kappa shape index (κ3) is 25.5. The van der Waals surface area contributed by atoms with Gasteiger partial charge in [-0.15, -0.1) is 0 Å². The Labute approximate surface area is 547 Å². The number of nitrogens with two attached hydrogens (primary N) is 1. The summed E-state index contributed by atoms with van der Waals surface area (Å²) in [5, 5.41) is 27.7. The van der Waals surface area contributed by atoms with Crippen LogP contribution in [0.1, 0.15) is 54.8 Å². The fourth-order valence-electron chi connectivity index (χ4n) is 6.83. The number of fused-ring (bicyclic) bond motifs is 1. The van der Waals surface area contributed by atoms with Crippen molar-refractivity contribution in [3.63, 3.8) is 0 Å². The Balaban J connectivity index is 0.000000309. The number of ether oxygens (including phenoxy) is 5. The van der Waals surface area contributed by atoms with Crippen LogP contribution in [0.15, 0.2) is 90.1 Å². The van der Waals surface area contributed by atoms with Crippen molar-refractivity contribution in [1.82, 2.24) is 39.5 Å². The molecule has 3 unspecified atom stereocenters. The van der Waals surface area contributed by atoms with E-state index in [4.69, 9.17) is 92.7 Å². The van der Waals surface area contributed by atoms with Crippen LogP contribution in [0.3, 0.4) is 0 Å². The number of nitrogens with one attached hydrogen (secondary N) is 4. The maximum absolute atomic E-state index is 12.5. The number of aromatic nitrogens is 6. The van der Waals surface area contributed by atoms with Crippen molar-refractivity contribution in [2.45, 2.75) is 62.1 Å². The van der Waals surface area contributed by atoms with Crippen LogP contribution in [0.25, 0.3) is 0 Å². The van der Waals surface area contributed by atoms with Crippen LogP contribution in [-0.4, -0.2) is 172 Å². The number of hydrogen-bond acceptors (Lipinski definition) is 24. The molecule has 1 aliphatic rings. The average molecular weight is 1410 g/mol. The number of anilines is 4. The fourth-order valence-corrected chi connectivity index (χ4v) is 9.44. The number of hydrogen-bond donors (Lipinski definition) is 7. The second-order valence-corrected chi connectivity index (χ2v) is 25.1. The van der Waals surface area contributed by atoms with Crippen LogP contribution in [0.4, 0.5) is 34.0 Å². The van der Waals surface area contributed by atoms with Crippen LogP contribution in [0.2, 0.25) is 15.3 Å². The largest absolute Gasteiger partial charge is 0.489 e. The van der Waals surface area contributed by atoms with Gasteiger partial charge in [0.2, 0.25) is 34.9 Å². The van der Waals surface area contributed by atoms with Crippen LogP contribution < -0.4 is 50.3 Å². The number of carbonyl (C=O) groups excluding carboxylic acids is 4. The summed E-state index contributed by atoms with van der Waals surface area (Å²) in [4.78, 5) is 102. The monoisotopic (exact) mass is 1410 g/mol. The Morgan fingerprint density at radius 1 is 0.901 bits per heavy atom. The van der Waals surface area contributed by atoms with Crippen molar-refractivity contribution in [1.29, 1.82) is 0 Å². The molecule has 0 aliphatic carbocycles. The van der Waals surface area contributed by atoms with Crippen LogP contribution in [-0.2, 0) is 28.9 Å². The molecule has 6 aromatic rings. The summed E-state index contributed by atoms with van der Waals surface area (Å²) in [5.74, 6) is -0.767. The molecule has 38 heteroatoms. The molecule has 8 N–H and O–H groups in total. The number of carboxylic acid groups (broad SMARTS) is 1. The topological polar surface area (TPSA) is 424 Å². The third-order valence-electron chi connectivity index (χ3n) is 10.9. The van der Waals surface area contributed by atoms with Crippen molar-refractivity contribution < 1.29 is 75.6 Å². The van der Waals surface area contributed by atoms with Gasteiger partial charge in [0.25, 0.3) is 27.5 Å². The molecule has 0 fully saturated rings. The molecule has 91 heavy (non-hydrogen) atoms. The van der Waals surface area contributed by atoms with Crippen molar-refractivity contribution in [3.05, 3.63) is 122 Å². The highest BCUT2D eigenvalue weighted by molar-refractivity contribution is 7.90. The molecular formula is C53H64Cl5N14O17PS. The quantitative estimate of drug-likeness (QED) is 0.0131. The molecule has 0 bridgehead atoms. The highest BCUT2D eigenvalue weighted by atomic mass is 35.5. The SMILES string of the molecule is CC1COc2ccccc2N1C(=O)C(Cl)Cl.CCNc1nc(Cl)nc(NC(C)C)n1.COC(=O)c1cc(Oc2ccc(Cl)cc2Cl)ccc1[N+](=O)[O-].COc1cc(OC)nc(NC(=O)NS(=O)(=O)c2ncccc2C(=O)N(C)C)n1.CP(=O)(O)CCC(N)C(=O)O. The molecule has 0 saturated carbocycles. The second-order valence-electron chi connectivity index (χ2n) is 18.7. The van der Waals surface area contributed by atoms with E-state index < -0.39 is 62.1 Å². The van der Waals surface area contributed by atoms with Gasteiger partial charge in [-0.2, -0.15) is 33.3 Å². The number of sulfonamides is 1. The van der Waals surface area contributed by atoms with E-state index in [1.54, 1.807) is 21.8 Å². The lowest BCUT2D eigenvalue weighted by Crippen LogP contribution is -2.47. The van der Waals surface area contributed by atoms with Gasteiger partial charge >= 0.3 is 18.0 Å². The number of rotatable bonds is 19. The number of halogens is 5. The van der Waals surface area contributed by atoms with E-state index in [1.165, 1.54) is 82.5 Å². The zero-order valence-corrected chi connectivity index (χ0v) is 55.6. The molecule has 3 aromatic carbocycles. The van der Waals surface area contributed by atoms with E-state index in [0.29, 0.717) is 35.0 Å². The molecule has 31 nitrogen and oxygen atoms in total. The lowest BCUT2D eigenvalue weighted by Gasteiger charge is -2.35. The number of alkyl halides is 2. The first-order chi connectivity index (χ1) is 42.6. The third-order valence-corrected chi connectivity index (χ3v) is 14.4. The molecule has 494 valence electrons. The molecule has 4 amide bonds. The Bertz CT molecular complexity index is 3650. The summed E-state index contributed by atoms with van der Waals surface area (Å²) < 4.78 is 62.9. The fraction of sp³-hybridized carbons (Fsp3) is 0.340. The zero-order valence-electron chi connectivity index (χ0n) is 50.1. The van der Waals surface area contributed by atoms with Gasteiger partial charge in [0.05, 0.1) is 54.6 Å². The highest BCUT2D eigenvalue weighted by Gasteiger charge is 2.32. The van der Waals surface area contributed by atoms with Crippen LogP contribution in [0, 0.1) is 10.1 Å². The zero-order chi connectivity index (χ0) is 68.5. The maximum Gasteiger partial charge on any atom is 0.345 e.